The van der Waals surface area contributed by atoms with Gasteiger partial charge in [-0.2, -0.15) is 0 Å². The van der Waals surface area contributed by atoms with E-state index in [2.05, 4.69) is 12.2 Å². The first kappa shape index (κ1) is 13.6. The van der Waals surface area contributed by atoms with Crippen molar-refractivity contribution in [2.24, 2.45) is 0 Å². The third-order valence-corrected chi connectivity index (χ3v) is 3.70. The zero-order chi connectivity index (χ0) is 12.8. The fourth-order valence-corrected chi connectivity index (χ4v) is 2.62. The highest BCUT2D eigenvalue weighted by Crippen LogP contribution is 2.37. The quantitative estimate of drug-likeness (QED) is 0.846. The molecule has 2 heterocycles. The van der Waals surface area contributed by atoms with Gasteiger partial charge in [0.05, 0.1) is 17.9 Å². The van der Waals surface area contributed by atoms with E-state index in [1.54, 1.807) is 13.4 Å². The number of hydrogen-bond acceptors (Lipinski definition) is 4. The second-order valence-electron chi connectivity index (χ2n) is 4.78. The molecule has 0 radical (unpaired) electrons. The molecule has 1 unspecified atom stereocenters. The standard InChI is InChI=1S/C14H23NO3/c1-3-8-15-13(12-5-4-9-18-12)14(16-2)6-10-17-11-7-14/h4-5,9,13,15H,3,6-8,10-11H2,1-2H3. The van der Waals surface area contributed by atoms with E-state index in [1.807, 2.05) is 12.1 Å². The number of furan rings is 1. The van der Waals surface area contributed by atoms with Crippen LogP contribution >= 0.6 is 0 Å². The molecule has 4 nitrogen and oxygen atoms in total. The molecule has 18 heavy (non-hydrogen) atoms. The lowest BCUT2D eigenvalue weighted by Crippen LogP contribution is -2.49. The van der Waals surface area contributed by atoms with E-state index < -0.39 is 0 Å². The summed E-state index contributed by atoms with van der Waals surface area (Å²) >= 11 is 0. The Kier molecular flexibility index (Phi) is 4.80. The van der Waals surface area contributed by atoms with Crippen molar-refractivity contribution in [3.05, 3.63) is 24.2 Å². The van der Waals surface area contributed by atoms with Crippen LogP contribution in [0, 0.1) is 0 Å². The highest BCUT2D eigenvalue weighted by molar-refractivity contribution is 5.12. The summed E-state index contributed by atoms with van der Waals surface area (Å²) in [6, 6.07) is 4.05. The van der Waals surface area contributed by atoms with Crippen molar-refractivity contribution < 1.29 is 13.9 Å². The first-order valence-electron chi connectivity index (χ1n) is 6.72. The average molecular weight is 253 g/mol. The van der Waals surface area contributed by atoms with Crippen molar-refractivity contribution in [2.75, 3.05) is 26.9 Å². The molecule has 0 spiro atoms. The van der Waals surface area contributed by atoms with Crippen LogP contribution in [0.1, 0.15) is 38.0 Å². The second kappa shape index (κ2) is 6.36. The van der Waals surface area contributed by atoms with Gasteiger partial charge in [0.25, 0.3) is 0 Å². The zero-order valence-corrected chi connectivity index (χ0v) is 11.3. The monoisotopic (exact) mass is 253 g/mol. The molecule has 1 fully saturated rings. The number of ether oxygens (including phenoxy) is 2. The highest BCUT2D eigenvalue weighted by Gasteiger charge is 2.42. The Balaban J connectivity index is 2.20. The van der Waals surface area contributed by atoms with E-state index in [4.69, 9.17) is 13.9 Å². The normalized spacial score (nSPS) is 20.8. The topological polar surface area (TPSA) is 43.6 Å². The Morgan fingerprint density at radius 1 is 1.44 bits per heavy atom. The number of rotatable bonds is 6. The molecule has 1 aromatic rings. The Morgan fingerprint density at radius 3 is 2.78 bits per heavy atom. The largest absolute Gasteiger partial charge is 0.468 e. The van der Waals surface area contributed by atoms with E-state index in [0.29, 0.717) is 0 Å². The second-order valence-corrected chi connectivity index (χ2v) is 4.78. The van der Waals surface area contributed by atoms with Gasteiger partial charge in [-0.1, -0.05) is 6.92 Å². The van der Waals surface area contributed by atoms with Gasteiger partial charge in [-0.15, -0.1) is 0 Å². The van der Waals surface area contributed by atoms with E-state index in [-0.39, 0.29) is 11.6 Å². The van der Waals surface area contributed by atoms with Crippen LogP contribution in [0.3, 0.4) is 0 Å². The lowest BCUT2D eigenvalue weighted by atomic mass is 9.84. The van der Waals surface area contributed by atoms with Gasteiger partial charge in [0.1, 0.15) is 5.76 Å². The highest BCUT2D eigenvalue weighted by atomic mass is 16.5. The molecule has 2 rings (SSSR count). The van der Waals surface area contributed by atoms with Crippen molar-refractivity contribution in [1.82, 2.24) is 5.32 Å². The van der Waals surface area contributed by atoms with Gasteiger partial charge in [-0.3, -0.25) is 0 Å². The maximum Gasteiger partial charge on any atom is 0.123 e. The van der Waals surface area contributed by atoms with Crippen LogP contribution in [0.2, 0.25) is 0 Å². The minimum atomic E-state index is -0.217. The average Bonchev–Trinajstić information content (AvgIpc) is 2.94. The Bertz CT molecular complexity index is 331. The van der Waals surface area contributed by atoms with Crippen LogP contribution in [0.15, 0.2) is 22.8 Å². The maximum absolute atomic E-state index is 5.86. The summed E-state index contributed by atoms with van der Waals surface area (Å²) in [7, 11) is 1.79. The molecule has 1 atom stereocenters. The van der Waals surface area contributed by atoms with Gasteiger partial charge in [0, 0.05) is 33.2 Å². The van der Waals surface area contributed by atoms with Crippen LogP contribution in [0.5, 0.6) is 0 Å². The maximum atomic E-state index is 5.86. The van der Waals surface area contributed by atoms with Gasteiger partial charge in [0.2, 0.25) is 0 Å². The zero-order valence-electron chi connectivity index (χ0n) is 11.3. The van der Waals surface area contributed by atoms with Crippen LogP contribution in [0.25, 0.3) is 0 Å². The molecular formula is C14H23NO3. The summed E-state index contributed by atoms with van der Waals surface area (Å²) in [6.07, 6.45) is 4.60. The fraction of sp³-hybridized carbons (Fsp3) is 0.714. The number of nitrogens with one attached hydrogen (secondary N) is 1. The molecular weight excluding hydrogens is 230 g/mol. The summed E-state index contributed by atoms with van der Waals surface area (Å²) in [5.41, 5.74) is -0.217. The van der Waals surface area contributed by atoms with Crippen molar-refractivity contribution in [3.8, 4) is 0 Å². The summed E-state index contributed by atoms with van der Waals surface area (Å²) in [5.74, 6) is 0.951. The summed E-state index contributed by atoms with van der Waals surface area (Å²) in [4.78, 5) is 0. The molecule has 0 saturated carbocycles. The third kappa shape index (κ3) is 2.76. The first-order valence-corrected chi connectivity index (χ1v) is 6.72. The minimum absolute atomic E-state index is 0.0985. The van der Waals surface area contributed by atoms with Crippen LogP contribution in [-0.2, 0) is 9.47 Å². The number of hydrogen-bond donors (Lipinski definition) is 1. The predicted molar refractivity (Wildman–Crippen MR) is 69.5 cm³/mol. The number of methoxy groups -OCH3 is 1. The molecule has 1 aromatic heterocycles. The minimum Gasteiger partial charge on any atom is -0.468 e. The summed E-state index contributed by atoms with van der Waals surface area (Å²) in [5, 5.41) is 3.56. The summed E-state index contributed by atoms with van der Waals surface area (Å²) in [6.45, 7) is 4.62. The van der Waals surface area contributed by atoms with Crippen molar-refractivity contribution in [1.29, 1.82) is 0 Å². The first-order chi connectivity index (χ1) is 8.82. The molecule has 1 N–H and O–H groups in total. The van der Waals surface area contributed by atoms with Crippen LogP contribution < -0.4 is 5.32 Å². The van der Waals surface area contributed by atoms with Gasteiger partial charge >= 0.3 is 0 Å². The van der Waals surface area contributed by atoms with Crippen molar-refractivity contribution in [2.45, 2.75) is 37.8 Å². The molecule has 0 aliphatic carbocycles. The molecule has 1 saturated heterocycles. The van der Waals surface area contributed by atoms with E-state index in [9.17, 15) is 0 Å². The van der Waals surface area contributed by atoms with Crippen LogP contribution in [-0.4, -0.2) is 32.5 Å². The summed E-state index contributed by atoms with van der Waals surface area (Å²) < 4.78 is 16.9. The molecule has 0 aromatic carbocycles. The molecule has 0 amide bonds. The van der Waals surface area contributed by atoms with Gasteiger partial charge in [-0.25, -0.2) is 0 Å². The fourth-order valence-electron chi connectivity index (χ4n) is 2.62. The Morgan fingerprint density at radius 2 is 2.22 bits per heavy atom. The molecule has 1 aliphatic rings. The SMILES string of the molecule is CCCNC(c1ccco1)C1(OC)CCOCC1. The van der Waals surface area contributed by atoms with E-state index in [0.717, 1.165) is 44.8 Å². The van der Waals surface area contributed by atoms with Gasteiger partial charge < -0.3 is 19.2 Å². The molecule has 102 valence electrons. The molecule has 4 heteroatoms. The smallest absolute Gasteiger partial charge is 0.123 e. The van der Waals surface area contributed by atoms with E-state index >= 15 is 0 Å². The van der Waals surface area contributed by atoms with Gasteiger partial charge in [0.15, 0.2) is 0 Å². The lowest BCUT2D eigenvalue weighted by Gasteiger charge is -2.41. The van der Waals surface area contributed by atoms with Gasteiger partial charge in [-0.05, 0) is 25.1 Å². The lowest BCUT2D eigenvalue weighted by molar-refractivity contribution is -0.114. The Hall–Kier alpha value is -0.840. The molecule has 1 aliphatic heterocycles. The third-order valence-electron chi connectivity index (χ3n) is 3.70. The Labute approximate surface area is 109 Å². The molecule has 0 bridgehead atoms. The van der Waals surface area contributed by atoms with Crippen molar-refractivity contribution in [3.63, 3.8) is 0 Å². The van der Waals surface area contributed by atoms with E-state index in [1.165, 1.54) is 0 Å². The van der Waals surface area contributed by atoms with Crippen LogP contribution in [0.4, 0.5) is 0 Å². The predicted octanol–water partition coefficient (Wildman–Crippen LogP) is 2.52. The van der Waals surface area contributed by atoms with Crippen molar-refractivity contribution >= 4 is 0 Å².